The molecule has 0 radical (unpaired) electrons. The first-order valence-electron chi connectivity index (χ1n) is 5.68. The summed E-state index contributed by atoms with van der Waals surface area (Å²) in [5, 5.41) is 4.43. The third kappa shape index (κ3) is 2.84. The van der Waals surface area contributed by atoms with Gasteiger partial charge >= 0.3 is 0 Å². The van der Waals surface area contributed by atoms with Crippen molar-refractivity contribution in [2.75, 3.05) is 5.73 Å². The van der Waals surface area contributed by atoms with Crippen LogP contribution < -0.4 is 5.73 Å². The molecule has 0 bridgehead atoms. The third-order valence-electron chi connectivity index (χ3n) is 2.91. The number of hydrogen-bond donors (Lipinski definition) is 1. The Labute approximate surface area is 130 Å². The number of nitrogen functional groups attached to an aromatic ring is 1. The minimum atomic E-state index is -3.58. The van der Waals surface area contributed by atoms with E-state index in [1.54, 1.807) is 26.1 Å². The molecule has 0 spiro atoms. The van der Waals surface area contributed by atoms with Crippen LogP contribution in [0.15, 0.2) is 27.6 Å². The van der Waals surface area contributed by atoms with E-state index >= 15 is 0 Å². The summed E-state index contributed by atoms with van der Waals surface area (Å²) >= 11 is 9.32. The predicted molar refractivity (Wildman–Crippen MR) is 82.4 cm³/mol. The van der Waals surface area contributed by atoms with Crippen molar-refractivity contribution in [3.05, 3.63) is 39.1 Å². The molecule has 2 N–H and O–H groups in total. The summed E-state index contributed by atoms with van der Waals surface area (Å²) < 4.78 is 27.1. The lowest BCUT2D eigenvalue weighted by Gasteiger charge is -2.08. The van der Waals surface area contributed by atoms with Crippen molar-refractivity contribution in [3.63, 3.8) is 0 Å². The largest absolute Gasteiger partial charge is 0.398 e. The van der Waals surface area contributed by atoms with Gasteiger partial charge in [0.15, 0.2) is 9.84 Å². The fourth-order valence-corrected chi connectivity index (χ4v) is 4.18. The van der Waals surface area contributed by atoms with E-state index in [0.29, 0.717) is 16.4 Å². The zero-order valence-corrected chi connectivity index (χ0v) is 14.1. The van der Waals surface area contributed by atoms with Crippen molar-refractivity contribution in [1.29, 1.82) is 0 Å². The molecule has 1 aromatic carbocycles. The van der Waals surface area contributed by atoms with Gasteiger partial charge < -0.3 is 5.73 Å². The van der Waals surface area contributed by atoms with Gasteiger partial charge in [0.1, 0.15) is 5.15 Å². The molecule has 0 saturated heterocycles. The number of aromatic nitrogens is 2. The Morgan fingerprint density at radius 2 is 2.10 bits per heavy atom. The number of hydrogen-bond acceptors (Lipinski definition) is 4. The van der Waals surface area contributed by atoms with Gasteiger partial charge in [0.25, 0.3) is 0 Å². The van der Waals surface area contributed by atoms with E-state index in [1.807, 2.05) is 0 Å². The molecule has 2 aromatic rings. The van der Waals surface area contributed by atoms with Gasteiger partial charge in [-0.3, -0.25) is 4.68 Å². The molecule has 0 unspecified atom stereocenters. The highest BCUT2D eigenvalue weighted by Gasteiger charge is 2.23. The Hall–Kier alpha value is -1.05. The van der Waals surface area contributed by atoms with Gasteiger partial charge in [0.2, 0.25) is 0 Å². The molecule has 0 amide bonds. The molecular weight excluding hydrogens is 366 g/mol. The molecule has 20 heavy (non-hydrogen) atoms. The van der Waals surface area contributed by atoms with Crippen LogP contribution in [0, 0.1) is 6.92 Å². The van der Waals surface area contributed by atoms with Crippen LogP contribution in [-0.2, 0) is 22.6 Å². The van der Waals surface area contributed by atoms with Crippen LogP contribution in [0.2, 0.25) is 5.15 Å². The number of sulfone groups is 1. The van der Waals surface area contributed by atoms with Crippen LogP contribution >= 0.6 is 27.5 Å². The molecule has 8 heteroatoms. The van der Waals surface area contributed by atoms with Gasteiger partial charge in [0, 0.05) is 17.1 Å². The van der Waals surface area contributed by atoms with E-state index < -0.39 is 9.84 Å². The normalized spacial score (nSPS) is 11.8. The zero-order valence-electron chi connectivity index (χ0n) is 10.9. The second kappa shape index (κ2) is 5.38. The minimum Gasteiger partial charge on any atom is -0.398 e. The van der Waals surface area contributed by atoms with E-state index in [2.05, 4.69) is 21.0 Å². The first kappa shape index (κ1) is 15.3. The van der Waals surface area contributed by atoms with Crippen molar-refractivity contribution in [2.45, 2.75) is 17.6 Å². The summed E-state index contributed by atoms with van der Waals surface area (Å²) in [7, 11) is -1.91. The number of aryl methyl sites for hydroxylation is 2. The average Bonchev–Trinajstić information content (AvgIpc) is 2.55. The maximum Gasteiger partial charge on any atom is 0.184 e. The van der Waals surface area contributed by atoms with Crippen LogP contribution in [0.3, 0.4) is 0 Å². The maximum absolute atomic E-state index is 12.5. The molecule has 2 rings (SSSR count). The summed E-state index contributed by atoms with van der Waals surface area (Å²) in [5.41, 5.74) is 7.08. The minimum absolute atomic E-state index is 0.0972. The number of halogens is 2. The van der Waals surface area contributed by atoms with Gasteiger partial charge in [-0.15, -0.1) is 0 Å². The van der Waals surface area contributed by atoms with E-state index in [-0.39, 0.29) is 16.3 Å². The highest BCUT2D eigenvalue weighted by molar-refractivity contribution is 9.10. The highest BCUT2D eigenvalue weighted by Crippen LogP contribution is 2.28. The molecule has 0 aliphatic heterocycles. The smallest absolute Gasteiger partial charge is 0.184 e. The van der Waals surface area contributed by atoms with Crippen LogP contribution in [-0.4, -0.2) is 18.2 Å². The van der Waals surface area contributed by atoms with Crippen molar-refractivity contribution in [3.8, 4) is 0 Å². The van der Waals surface area contributed by atoms with Crippen LogP contribution in [0.4, 0.5) is 5.69 Å². The standard InChI is InChI=1S/C12H13BrClN3O2S/c1-7-9(12(14)17(2)16-7)6-20(18,19)11-4-3-8(13)5-10(11)15/h3-5H,6,15H2,1-2H3. The Bertz CT molecular complexity index is 771. The van der Waals surface area contributed by atoms with Gasteiger partial charge in [-0.05, 0) is 25.1 Å². The Kier molecular flexibility index (Phi) is 4.13. The van der Waals surface area contributed by atoms with E-state index in [4.69, 9.17) is 17.3 Å². The molecule has 0 fully saturated rings. The van der Waals surface area contributed by atoms with E-state index in [1.165, 1.54) is 10.7 Å². The van der Waals surface area contributed by atoms with Gasteiger partial charge in [-0.25, -0.2) is 8.42 Å². The number of nitrogens with zero attached hydrogens (tertiary/aromatic N) is 2. The monoisotopic (exact) mass is 377 g/mol. The summed E-state index contributed by atoms with van der Waals surface area (Å²) in [6.45, 7) is 1.72. The average molecular weight is 379 g/mol. The topological polar surface area (TPSA) is 78.0 Å². The third-order valence-corrected chi connectivity index (χ3v) is 5.59. The van der Waals surface area contributed by atoms with Gasteiger partial charge in [-0.2, -0.15) is 5.10 Å². The lowest BCUT2D eigenvalue weighted by atomic mass is 10.3. The molecule has 0 saturated carbocycles. The van der Waals surface area contributed by atoms with Crippen LogP contribution in [0.1, 0.15) is 11.3 Å². The molecule has 108 valence electrons. The fraction of sp³-hybridized carbons (Fsp3) is 0.250. The molecule has 0 aliphatic carbocycles. The zero-order chi connectivity index (χ0) is 15.1. The Morgan fingerprint density at radius 1 is 1.45 bits per heavy atom. The molecule has 1 heterocycles. The first-order valence-corrected chi connectivity index (χ1v) is 8.50. The maximum atomic E-state index is 12.5. The summed E-state index contributed by atoms with van der Waals surface area (Å²) in [5.74, 6) is -0.225. The quantitative estimate of drug-likeness (QED) is 0.833. The lowest BCUT2D eigenvalue weighted by molar-refractivity contribution is 0.595. The van der Waals surface area contributed by atoms with Gasteiger partial charge in [-0.1, -0.05) is 27.5 Å². The first-order chi connectivity index (χ1) is 9.22. The lowest BCUT2D eigenvalue weighted by Crippen LogP contribution is -2.08. The number of nitrogens with two attached hydrogens (primary N) is 1. The van der Waals surface area contributed by atoms with E-state index in [9.17, 15) is 8.42 Å². The molecule has 5 nitrogen and oxygen atoms in total. The molecular formula is C12H13BrClN3O2S. The SMILES string of the molecule is Cc1nn(C)c(Cl)c1CS(=O)(=O)c1ccc(Br)cc1N. The van der Waals surface area contributed by atoms with Crippen molar-refractivity contribution in [1.82, 2.24) is 9.78 Å². The number of anilines is 1. The van der Waals surface area contributed by atoms with Gasteiger partial charge in [0.05, 0.1) is 22.0 Å². The van der Waals surface area contributed by atoms with Crippen molar-refractivity contribution < 1.29 is 8.42 Å². The van der Waals surface area contributed by atoms with Crippen LogP contribution in [0.25, 0.3) is 0 Å². The molecule has 0 atom stereocenters. The predicted octanol–water partition coefficient (Wildman–Crippen LogP) is 2.70. The van der Waals surface area contributed by atoms with Crippen molar-refractivity contribution >= 4 is 43.1 Å². The summed E-state index contributed by atoms with van der Waals surface area (Å²) in [4.78, 5) is 0.0972. The number of rotatable bonds is 3. The van der Waals surface area contributed by atoms with E-state index in [0.717, 1.165) is 4.47 Å². The number of benzene rings is 1. The summed E-state index contributed by atoms with van der Waals surface area (Å²) in [6.07, 6.45) is 0. The Balaban J connectivity index is 2.46. The van der Waals surface area contributed by atoms with Crippen molar-refractivity contribution in [2.24, 2.45) is 7.05 Å². The second-order valence-corrected chi connectivity index (χ2v) is 7.65. The fourth-order valence-electron chi connectivity index (χ4n) is 1.91. The Morgan fingerprint density at radius 3 is 2.60 bits per heavy atom. The summed E-state index contributed by atoms with van der Waals surface area (Å²) in [6, 6.07) is 4.68. The highest BCUT2D eigenvalue weighted by atomic mass is 79.9. The second-order valence-electron chi connectivity index (χ2n) is 4.42. The molecule has 0 aliphatic rings. The molecule has 1 aromatic heterocycles. The van der Waals surface area contributed by atoms with Crippen LogP contribution in [0.5, 0.6) is 0 Å².